The van der Waals surface area contributed by atoms with Gasteiger partial charge in [0.1, 0.15) is 5.54 Å². The zero-order chi connectivity index (χ0) is 21.8. The van der Waals surface area contributed by atoms with Gasteiger partial charge in [0.15, 0.2) is 0 Å². The smallest absolute Gasteiger partial charge is 0.322 e. The number of amides is 4. The van der Waals surface area contributed by atoms with Gasteiger partial charge in [0.05, 0.1) is 5.56 Å². The third-order valence-electron chi connectivity index (χ3n) is 5.31. The first-order chi connectivity index (χ1) is 15.0. The molecule has 1 aliphatic heterocycles. The molecular weight excluding hydrogens is 412 g/mol. The molecule has 0 spiro atoms. The summed E-state index contributed by atoms with van der Waals surface area (Å²) >= 11 is 1.38. The van der Waals surface area contributed by atoms with Crippen LogP contribution >= 0.6 is 11.8 Å². The molecule has 3 N–H and O–H groups in total. The van der Waals surface area contributed by atoms with Crippen molar-refractivity contribution in [3.8, 4) is 0 Å². The number of carbonyl (C=O) groups is 3. The van der Waals surface area contributed by atoms with Crippen LogP contribution in [0.25, 0.3) is 10.9 Å². The van der Waals surface area contributed by atoms with Crippen molar-refractivity contribution in [1.29, 1.82) is 0 Å². The normalized spacial score (nSPS) is 18.1. The van der Waals surface area contributed by atoms with E-state index in [2.05, 4.69) is 44.9 Å². The van der Waals surface area contributed by atoms with Gasteiger partial charge in [-0.15, -0.1) is 11.8 Å². The fourth-order valence-electron chi connectivity index (χ4n) is 3.57. The van der Waals surface area contributed by atoms with Gasteiger partial charge in [-0.1, -0.05) is 30.3 Å². The molecule has 0 bridgehead atoms. The summed E-state index contributed by atoms with van der Waals surface area (Å²) in [5.41, 5.74) is 0.754. The fraction of sp³-hybridized carbons (Fsp3) is 0.261. The molecule has 7 nitrogen and oxygen atoms in total. The Bertz CT molecular complexity index is 1140. The summed E-state index contributed by atoms with van der Waals surface area (Å²) in [4.78, 5) is 37.0. The number of thioether (sulfide) groups is 1. The predicted octanol–water partition coefficient (Wildman–Crippen LogP) is 3.15. The number of aromatic nitrogens is 1. The third kappa shape index (κ3) is 4.59. The zero-order valence-electron chi connectivity index (χ0n) is 17.2. The highest BCUT2D eigenvalue weighted by atomic mass is 32.2. The average molecular weight is 437 g/mol. The molecular formula is C23H24N4O3S. The van der Waals surface area contributed by atoms with Gasteiger partial charge in [-0.25, -0.2) is 4.79 Å². The molecule has 0 radical (unpaired) electrons. The number of hydrogen-bond donors (Lipinski definition) is 3. The van der Waals surface area contributed by atoms with Gasteiger partial charge in [0.25, 0.3) is 11.8 Å². The lowest BCUT2D eigenvalue weighted by Gasteiger charge is -2.20. The number of nitrogens with one attached hydrogen (secondary N) is 3. The van der Waals surface area contributed by atoms with E-state index >= 15 is 0 Å². The molecule has 4 amide bonds. The van der Waals surface area contributed by atoms with E-state index in [-0.39, 0.29) is 11.8 Å². The minimum absolute atomic E-state index is 0.148. The van der Waals surface area contributed by atoms with Crippen molar-refractivity contribution in [3.05, 3.63) is 66.4 Å². The van der Waals surface area contributed by atoms with Crippen LogP contribution in [-0.2, 0) is 11.3 Å². The highest BCUT2D eigenvalue weighted by Crippen LogP contribution is 2.27. The minimum atomic E-state index is -0.995. The molecule has 2 heterocycles. The number of benzene rings is 2. The van der Waals surface area contributed by atoms with Crippen LogP contribution in [0.2, 0.25) is 0 Å². The number of para-hydroxylation sites is 1. The Morgan fingerprint density at radius 3 is 2.68 bits per heavy atom. The topological polar surface area (TPSA) is 92.2 Å². The molecule has 1 aromatic heterocycles. The molecule has 3 aromatic rings. The monoisotopic (exact) mass is 436 g/mol. The Hall–Kier alpha value is -3.26. The first-order valence-electron chi connectivity index (χ1n) is 10.1. The van der Waals surface area contributed by atoms with Crippen LogP contribution in [-0.4, -0.2) is 40.2 Å². The lowest BCUT2D eigenvalue weighted by atomic mass is 10.1. The van der Waals surface area contributed by atoms with Crippen LogP contribution in [0.1, 0.15) is 23.7 Å². The van der Waals surface area contributed by atoms with Gasteiger partial charge in [-0.3, -0.25) is 14.9 Å². The lowest BCUT2D eigenvalue weighted by molar-refractivity contribution is -0.122. The molecule has 4 rings (SSSR count). The third-order valence-corrected chi connectivity index (χ3v) is 6.70. The molecule has 2 aromatic carbocycles. The van der Waals surface area contributed by atoms with E-state index < -0.39 is 11.6 Å². The van der Waals surface area contributed by atoms with Crippen molar-refractivity contribution in [1.82, 2.24) is 20.5 Å². The summed E-state index contributed by atoms with van der Waals surface area (Å²) in [7, 11) is 0. The molecule has 0 saturated carbocycles. The summed E-state index contributed by atoms with van der Waals surface area (Å²) in [6, 6.07) is 17.1. The number of rotatable bonds is 8. The predicted molar refractivity (Wildman–Crippen MR) is 121 cm³/mol. The number of nitrogens with zero attached hydrogens (tertiary/aromatic N) is 1. The summed E-state index contributed by atoms with van der Waals surface area (Å²) in [6.45, 7) is 3.05. The molecule has 1 fully saturated rings. The van der Waals surface area contributed by atoms with Gasteiger partial charge in [-0.05, 0) is 43.0 Å². The number of aryl methyl sites for hydroxylation is 1. The SMILES string of the molecule is C[C@]1(CSc2ccccc2C(=O)NCCCn2ccc3ccccc32)NC(=O)NC1=O. The van der Waals surface area contributed by atoms with Gasteiger partial charge in [0.2, 0.25) is 0 Å². The van der Waals surface area contributed by atoms with E-state index in [4.69, 9.17) is 0 Å². The first kappa shape index (κ1) is 21.0. The number of urea groups is 1. The van der Waals surface area contributed by atoms with E-state index in [0.29, 0.717) is 17.9 Å². The van der Waals surface area contributed by atoms with Gasteiger partial charge < -0.3 is 15.2 Å². The lowest BCUT2D eigenvalue weighted by Crippen LogP contribution is -2.46. The van der Waals surface area contributed by atoms with E-state index in [1.807, 2.05) is 30.3 Å². The van der Waals surface area contributed by atoms with Crippen LogP contribution in [0.3, 0.4) is 0 Å². The molecule has 0 unspecified atom stereocenters. The average Bonchev–Trinajstić information content (AvgIpc) is 3.29. The van der Waals surface area contributed by atoms with E-state index in [1.165, 1.54) is 22.7 Å². The quantitative estimate of drug-likeness (QED) is 0.287. The second kappa shape index (κ2) is 8.85. The molecule has 0 aliphatic carbocycles. The minimum Gasteiger partial charge on any atom is -0.352 e. The van der Waals surface area contributed by atoms with Crippen molar-refractivity contribution in [2.24, 2.45) is 0 Å². The Morgan fingerprint density at radius 1 is 1.10 bits per heavy atom. The number of carbonyl (C=O) groups excluding carboxylic acids is 3. The number of hydrogen-bond acceptors (Lipinski definition) is 4. The Labute approximate surface area is 184 Å². The van der Waals surface area contributed by atoms with E-state index in [1.54, 1.807) is 13.0 Å². The van der Waals surface area contributed by atoms with Gasteiger partial charge in [-0.2, -0.15) is 0 Å². The summed E-state index contributed by atoms with van der Waals surface area (Å²) in [5.74, 6) is -0.176. The summed E-state index contributed by atoms with van der Waals surface area (Å²) < 4.78 is 2.19. The Balaban J connectivity index is 1.32. The Morgan fingerprint density at radius 2 is 1.87 bits per heavy atom. The van der Waals surface area contributed by atoms with Gasteiger partial charge >= 0.3 is 6.03 Å². The second-order valence-corrected chi connectivity index (χ2v) is 8.72. The highest BCUT2D eigenvalue weighted by molar-refractivity contribution is 7.99. The molecule has 160 valence electrons. The van der Waals surface area contributed by atoms with E-state index in [0.717, 1.165) is 17.9 Å². The Kier molecular flexibility index (Phi) is 5.99. The maximum Gasteiger partial charge on any atom is 0.322 e. The van der Waals surface area contributed by atoms with Crippen molar-refractivity contribution >= 4 is 40.5 Å². The first-order valence-corrected chi connectivity index (χ1v) is 11.1. The molecule has 8 heteroatoms. The molecule has 1 aliphatic rings. The van der Waals surface area contributed by atoms with Crippen LogP contribution in [0.15, 0.2) is 65.7 Å². The van der Waals surface area contributed by atoms with Crippen molar-refractivity contribution in [2.75, 3.05) is 12.3 Å². The summed E-state index contributed by atoms with van der Waals surface area (Å²) in [5, 5.41) is 9.09. The number of fused-ring (bicyclic) bond motifs is 1. The second-order valence-electron chi connectivity index (χ2n) is 7.70. The molecule has 1 atom stereocenters. The molecule has 31 heavy (non-hydrogen) atoms. The molecule has 1 saturated heterocycles. The van der Waals surface area contributed by atoms with Crippen molar-refractivity contribution in [2.45, 2.75) is 30.3 Å². The van der Waals surface area contributed by atoms with Crippen molar-refractivity contribution in [3.63, 3.8) is 0 Å². The highest BCUT2D eigenvalue weighted by Gasteiger charge is 2.41. The van der Waals surface area contributed by atoms with Crippen LogP contribution in [0, 0.1) is 0 Å². The van der Waals surface area contributed by atoms with Crippen molar-refractivity contribution < 1.29 is 14.4 Å². The largest absolute Gasteiger partial charge is 0.352 e. The standard InChI is InChI=1S/C23H24N4O3S/c1-23(21(29)25-22(30)26-23)15-31-19-10-5-3-8-17(19)20(28)24-12-6-13-27-14-11-16-7-2-4-9-18(16)27/h2-5,7-11,14H,6,12-13,15H2,1H3,(H,24,28)(H2,25,26,29,30)/t23-/m1/s1. The van der Waals surface area contributed by atoms with Crippen LogP contribution in [0.5, 0.6) is 0 Å². The van der Waals surface area contributed by atoms with Crippen LogP contribution < -0.4 is 16.0 Å². The zero-order valence-corrected chi connectivity index (χ0v) is 18.0. The summed E-state index contributed by atoms with van der Waals surface area (Å²) in [6.07, 6.45) is 2.88. The fourth-order valence-corrected chi connectivity index (χ4v) is 4.70. The maximum absolute atomic E-state index is 12.8. The number of imide groups is 1. The van der Waals surface area contributed by atoms with Crippen LogP contribution in [0.4, 0.5) is 4.79 Å². The van der Waals surface area contributed by atoms with E-state index in [9.17, 15) is 14.4 Å². The van der Waals surface area contributed by atoms with Gasteiger partial charge in [0, 0.05) is 35.5 Å². The maximum atomic E-state index is 12.8.